The normalized spacial score (nSPS) is 13.0. The second-order valence-corrected chi connectivity index (χ2v) is 1.67. The van der Waals surface area contributed by atoms with Crippen LogP contribution >= 0.6 is 0 Å². The van der Waals surface area contributed by atoms with Crippen LogP contribution in [0.2, 0.25) is 0 Å². The summed E-state index contributed by atoms with van der Waals surface area (Å²) in [7, 11) is 0. The van der Waals surface area contributed by atoms with Gasteiger partial charge in [-0.05, 0) is 20.8 Å². The minimum absolute atomic E-state index is 1.09. The molecule has 0 N–H and O–H groups in total. The van der Waals surface area contributed by atoms with Gasteiger partial charge in [0.25, 0.3) is 0 Å². The van der Waals surface area contributed by atoms with Gasteiger partial charge in [-0.2, -0.15) is 0 Å². The van der Waals surface area contributed by atoms with Crippen molar-refractivity contribution in [2.75, 3.05) is 0 Å². The molecule has 0 saturated carbocycles. The molecule has 0 saturated heterocycles. The first-order valence-corrected chi connectivity index (χ1v) is 2.30. The first-order chi connectivity index (χ1) is 3.18. The van der Waals surface area contributed by atoms with E-state index >= 15 is 0 Å². The van der Waals surface area contributed by atoms with E-state index in [0.29, 0.717) is 0 Å². The summed E-state index contributed by atoms with van der Waals surface area (Å²) in [4.78, 5) is 0. The fraction of sp³-hybridized carbons (Fsp3) is 0.286. The number of hydrogen-bond donors (Lipinski definition) is 0. The molecule has 0 aliphatic carbocycles. The monoisotopic (exact) mass is 95.1 g/mol. The van der Waals surface area contributed by atoms with Crippen molar-refractivity contribution in [1.82, 2.24) is 0 Å². The molecule has 0 rings (SSSR count). The summed E-state index contributed by atoms with van der Waals surface area (Å²) in [5.74, 6) is 0. The summed E-state index contributed by atoms with van der Waals surface area (Å²) < 4.78 is 0. The molecule has 0 atom stereocenters. The van der Waals surface area contributed by atoms with E-state index in [-0.39, 0.29) is 0 Å². The van der Waals surface area contributed by atoms with Crippen molar-refractivity contribution < 1.29 is 0 Å². The molecule has 0 heterocycles. The molecular formula is C7H11. The molecule has 0 nitrogen and oxygen atoms in total. The lowest BCUT2D eigenvalue weighted by atomic mass is 10.2. The second-order valence-electron chi connectivity index (χ2n) is 1.67. The maximum atomic E-state index is 3.72. The van der Waals surface area contributed by atoms with Gasteiger partial charge in [-0.1, -0.05) is 23.8 Å². The van der Waals surface area contributed by atoms with Gasteiger partial charge in [0.2, 0.25) is 0 Å². The summed E-state index contributed by atoms with van der Waals surface area (Å²) >= 11 is 0. The third-order valence-electron chi connectivity index (χ3n) is 0.979. The largest absolute Gasteiger partial charge is 0.0988 e. The van der Waals surface area contributed by atoms with Crippen molar-refractivity contribution in [3.05, 3.63) is 30.7 Å². The van der Waals surface area contributed by atoms with Crippen molar-refractivity contribution in [1.29, 1.82) is 0 Å². The zero-order valence-corrected chi connectivity index (χ0v) is 4.99. The van der Waals surface area contributed by atoms with Gasteiger partial charge in [-0.25, -0.2) is 0 Å². The van der Waals surface area contributed by atoms with E-state index in [9.17, 15) is 0 Å². The Bertz CT molecular complexity index is 92.6. The third-order valence-corrected chi connectivity index (χ3v) is 0.979. The van der Waals surface area contributed by atoms with Gasteiger partial charge in [0.15, 0.2) is 0 Å². The van der Waals surface area contributed by atoms with Crippen LogP contribution in [-0.2, 0) is 0 Å². The lowest BCUT2D eigenvalue weighted by Gasteiger charge is -1.90. The Kier molecular flexibility index (Phi) is 2.42. The molecule has 0 heteroatoms. The van der Waals surface area contributed by atoms with E-state index in [0.717, 1.165) is 5.57 Å². The topological polar surface area (TPSA) is 0 Å². The Morgan fingerprint density at radius 2 is 1.86 bits per heavy atom. The van der Waals surface area contributed by atoms with Gasteiger partial charge >= 0.3 is 0 Å². The van der Waals surface area contributed by atoms with Crippen LogP contribution in [0.3, 0.4) is 0 Å². The lowest BCUT2D eigenvalue weighted by molar-refractivity contribution is 1.38. The van der Waals surface area contributed by atoms with Crippen LogP contribution < -0.4 is 0 Å². The van der Waals surface area contributed by atoms with E-state index in [1.807, 2.05) is 19.9 Å². The second kappa shape index (κ2) is 2.62. The summed E-state index contributed by atoms with van der Waals surface area (Å²) in [6.45, 7) is 11.3. The maximum Gasteiger partial charge on any atom is -0.0280 e. The van der Waals surface area contributed by atoms with Crippen molar-refractivity contribution in [2.45, 2.75) is 13.8 Å². The van der Waals surface area contributed by atoms with E-state index < -0.39 is 0 Å². The van der Waals surface area contributed by atoms with E-state index in [1.54, 1.807) is 0 Å². The van der Waals surface area contributed by atoms with Gasteiger partial charge in [-0.15, -0.1) is 0 Å². The molecule has 0 aromatic rings. The molecule has 0 aliphatic rings. The van der Waals surface area contributed by atoms with Gasteiger partial charge < -0.3 is 0 Å². The summed E-state index contributed by atoms with van der Waals surface area (Å²) in [6, 6.07) is 0. The highest BCUT2D eigenvalue weighted by molar-refractivity contribution is 5.21. The zero-order valence-electron chi connectivity index (χ0n) is 4.99. The smallest absolute Gasteiger partial charge is 0.0280 e. The molecule has 1 radical (unpaired) electrons. The molecule has 39 valence electrons. The van der Waals surface area contributed by atoms with Gasteiger partial charge in [0, 0.05) is 0 Å². The van der Waals surface area contributed by atoms with Crippen molar-refractivity contribution >= 4 is 0 Å². The van der Waals surface area contributed by atoms with Gasteiger partial charge in [0.05, 0.1) is 0 Å². The summed E-state index contributed by atoms with van der Waals surface area (Å²) in [6.07, 6.45) is 1.81. The van der Waals surface area contributed by atoms with Gasteiger partial charge in [0.1, 0.15) is 0 Å². The molecule has 7 heavy (non-hydrogen) atoms. The third kappa shape index (κ3) is 2.21. The first-order valence-electron chi connectivity index (χ1n) is 2.30. The molecule has 0 bridgehead atoms. The Morgan fingerprint density at radius 3 is 1.86 bits per heavy atom. The predicted octanol–water partition coefficient (Wildman–Crippen LogP) is 2.34. The molecule has 0 fully saturated rings. The number of rotatable bonds is 1. The maximum absolute atomic E-state index is 3.72. The minimum atomic E-state index is 1.09. The van der Waals surface area contributed by atoms with E-state index in [2.05, 4.69) is 13.5 Å². The standard InChI is InChI=1S/C7H11/c1-5-7(4)6(2)3/h5H,1-2H2,3-4H3. The van der Waals surface area contributed by atoms with Crippen LogP contribution in [0.25, 0.3) is 0 Å². The quantitative estimate of drug-likeness (QED) is 0.438. The average Bonchev–Trinajstić information content (AvgIpc) is 1.65. The van der Waals surface area contributed by atoms with Crippen molar-refractivity contribution in [3.63, 3.8) is 0 Å². The average molecular weight is 95.2 g/mol. The Balaban J connectivity index is 3.98. The first kappa shape index (κ1) is 6.48. The minimum Gasteiger partial charge on any atom is -0.0988 e. The molecule has 0 aromatic carbocycles. The summed E-state index contributed by atoms with van der Waals surface area (Å²) in [5.41, 5.74) is 2.26. The zero-order chi connectivity index (χ0) is 5.86. The molecule has 0 spiro atoms. The fourth-order valence-corrected chi connectivity index (χ4v) is 0.174. The highest BCUT2D eigenvalue weighted by Gasteiger charge is 1.79. The molecule has 0 aromatic heterocycles. The molecule has 0 unspecified atom stereocenters. The molecule has 0 amide bonds. The van der Waals surface area contributed by atoms with Crippen LogP contribution in [-0.4, -0.2) is 0 Å². The van der Waals surface area contributed by atoms with E-state index in [4.69, 9.17) is 0 Å². The SMILES string of the molecule is [CH2]C(C)=C(C)C=C. The van der Waals surface area contributed by atoms with E-state index in [1.165, 1.54) is 5.57 Å². The highest BCUT2D eigenvalue weighted by Crippen LogP contribution is 1.99. The highest BCUT2D eigenvalue weighted by atomic mass is 13.9. The van der Waals surface area contributed by atoms with Crippen LogP contribution in [0.4, 0.5) is 0 Å². The number of allylic oxidation sites excluding steroid dienone is 3. The van der Waals surface area contributed by atoms with Crippen molar-refractivity contribution in [2.24, 2.45) is 0 Å². The molecule has 0 aliphatic heterocycles. The van der Waals surface area contributed by atoms with Crippen LogP contribution in [0, 0.1) is 6.92 Å². The lowest BCUT2D eigenvalue weighted by Crippen LogP contribution is -1.69. The Morgan fingerprint density at radius 1 is 1.43 bits per heavy atom. The molecular weight excluding hydrogens is 84.1 g/mol. The van der Waals surface area contributed by atoms with Crippen LogP contribution in [0.15, 0.2) is 23.8 Å². The van der Waals surface area contributed by atoms with Crippen LogP contribution in [0.1, 0.15) is 13.8 Å². The fourth-order valence-electron chi connectivity index (χ4n) is 0.174. The predicted molar refractivity (Wildman–Crippen MR) is 33.9 cm³/mol. The van der Waals surface area contributed by atoms with Gasteiger partial charge in [-0.3, -0.25) is 0 Å². The summed E-state index contributed by atoms with van der Waals surface area (Å²) in [5, 5.41) is 0. The van der Waals surface area contributed by atoms with Crippen LogP contribution in [0.5, 0.6) is 0 Å². The van der Waals surface area contributed by atoms with Crippen molar-refractivity contribution in [3.8, 4) is 0 Å². The Labute approximate surface area is 45.5 Å². The Hall–Kier alpha value is -0.520. The number of hydrogen-bond acceptors (Lipinski definition) is 0.